The van der Waals surface area contributed by atoms with Crippen molar-refractivity contribution in [3.63, 3.8) is 0 Å². The summed E-state index contributed by atoms with van der Waals surface area (Å²) in [4.78, 5) is 14.5. The van der Waals surface area contributed by atoms with Crippen molar-refractivity contribution in [2.45, 2.75) is 20.3 Å². The molecular formula is C11H13NO. The van der Waals surface area contributed by atoms with E-state index in [0.717, 1.165) is 12.1 Å². The SMILES string of the molecule is CC(=O)N=C(C)Cc1ccccc1. The van der Waals surface area contributed by atoms with Crippen LogP contribution in [-0.4, -0.2) is 11.6 Å². The average molecular weight is 175 g/mol. The van der Waals surface area contributed by atoms with E-state index in [4.69, 9.17) is 0 Å². The van der Waals surface area contributed by atoms with Crippen LogP contribution < -0.4 is 0 Å². The summed E-state index contributed by atoms with van der Waals surface area (Å²) in [7, 11) is 0. The first kappa shape index (κ1) is 9.65. The van der Waals surface area contributed by atoms with Gasteiger partial charge in [-0.2, -0.15) is 0 Å². The average Bonchev–Trinajstić information content (AvgIpc) is 2.04. The van der Waals surface area contributed by atoms with Crippen LogP contribution in [0.2, 0.25) is 0 Å². The zero-order valence-electron chi connectivity index (χ0n) is 7.95. The lowest BCUT2D eigenvalue weighted by atomic mass is 10.1. The Morgan fingerprint density at radius 2 is 1.85 bits per heavy atom. The third kappa shape index (κ3) is 3.65. The van der Waals surface area contributed by atoms with Gasteiger partial charge in [0.15, 0.2) is 0 Å². The summed E-state index contributed by atoms with van der Waals surface area (Å²) in [6.07, 6.45) is 0.750. The zero-order valence-corrected chi connectivity index (χ0v) is 7.95. The molecule has 0 bridgehead atoms. The van der Waals surface area contributed by atoms with Crippen LogP contribution in [0, 0.1) is 0 Å². The van der Waals surface area contributed by atoms with E-state index in [0.29, 0.717) is 0 Å². The Kier molecular flexibility index (Phi) is 3.38. The van der Waals surface area contributed by atoms with Crippen molar-refractivity contribution in [2.75, 3.05) is 0 Å². The molecule has 0 unspecified atom stereocenters. The van der Waals surface area contributed by atoms with Gasteiger partial charge in [0, 0.05) is 19.1 Å². The van der Waals surface area contributed by atoms with Gasteiger partial charge < -0.3 is 0 Å². The second-order valence-corrected chi connectivity index (χ2v) is 3.03. The fraction of sp³-hybridized carbons (Fsp3) is 0.273. The lowest BCUT2D eigenvalue weighted by molar-refractivity contribution is -0.115. The molecule has 0 fully saturated rings. The highest BCUT2D eigenvalue weighted by atomic mass is 16.1. The molecule has 0 aliphatic carbocycles. The molecule has 1 rings (SSSR count). The van der Waals surface area contributed by atoms with Gasteiger partial charge >= 0.3 is 0 Å². The molecule has 0 radical (unpaired) electrons. The molecule has 13 heavy (non-hydrogen) atoms. The summed E-state index contributed by atoms with van der Waals surface area (Å²) < 4.78 is 0. The van der Waals surface area contributed by atoms with Gasteiger partial charge in [0.1, 0.15) is 0 Å². The number of carbonyl (C=O) groups is 1. The molecule has 0 aliphatic rings. The van der Waals surface area contributed by atoms with Gasteiger partial charge in [0.05, 0.1) is 0 Å². The van der Waals surface area contributed by atoms with Crippen molar-refractivity contribution in [3.8, 4) is 0 Å². The molecule has 1 aromatic rings. The van der Waals surface area contributed by atoms with Crippen LogP contribution in [0.25, 0.3) is 0 Å². The molecule has 0 spiro atoms. The summed E-state index contributed by atoms with van der Waals surface area (Å²) >= 11 is 0. The van der Waals surface area contributed by atoms with Gasteiger partial charge in [0.2, 0.25) is 5.91 Å². The first-order chi connectivity index (χ1) is 6.18. The van der Waals surface area contributed by atoms with Crippen LogP contribution in [0.4, 0.5) is 0 Å². The van der Waals surface area contributed by atoms with Crippen LogP contribution in [0.5, 0.6) is 0 Å². The fourth-order valence-electron chi connectivity index (χ4n) is 1.20. The largest absolute Gasteiger partial charge is 0.273 e. The van der Waals surface area contributed by atoms with Crippen LogP contribution in [0.3, 0.4) is 0 Å². The summed E-state index contributed by atoms with van der Waals surface area (Å²) in [5.41, 5.74) is 2.05. The third-order valence-electron chi connectivity index (χ3n) is 1.65. The van der Waals surface area contributed by atoms with E-state index in [2.05, 4.69) is 4.99 Å². The molecule has 0 saturated heterocycles. The van der Waals surface area contributed by atoms with E-state index in [1.165, 1.54) is 12.5 Å². The van der Waals surface area contributed by atoms with E-state index in [1.54, 1.807) is 0 Å². The Hall–Kier alpha value is -1.44. The molecule has 1 amide bonds. The number of hydrogen-bond donors (Lipinski definition) is 0. The lowest BCUT2D eigenvalue weighted by Gasteiger charge is -1.98. The number of hydrogen-bond acceptors (Lipinski definition) is 1. The van der Waals surface area contributed by atoms with Crippen molar-refractivity contribution in [3.05, 3.63) is 35.9 Å². The lowest BCUT2D eigenvalue weighted by Crippen LogP contribution is -2.00. The van der Waals surface area contributed by atoms with Crippen LogP contribution in [-0.2, 0) is 11.2 Å². The minimum Gasteiger partial charge on any atom is -0.273 e. The quantitative estimate of drug-likeness (QED) is 0.634. The Balaban J connectivity index is 2.65. The first-order valence-corrected chi connectivity index (χ1v) is 4.27. The second kappa shape index (κ2) is 4.55. The minimum absolute atomic E-state index is 0.131. The van der Waals surface area contributed by atoms with E-state index in [9.17, 15) is 4.79 Å². The molecule has 0 N–H and O–H groups in total. The number of benzene rings is 1. The summed E-state index contributed by atoms with van der Waals surface area (Å²) in [5.74, 6) is -0.131. The highest BCUT2D eigenvalue weighted by molar-refractivity contribution is 5.94. The number of nitrogens with zero attached hydrogens (tertiary/aromatic N) is 1. The molecule has 1 aromatic carbocycles. The maximum atomic E-state index is 10.7. The van der Waals surface area contributed by atoms with Crippen molar-refractivity contribution < 1.29 is 4.79 Å². The highest BCUT2D eigenvalue weighted by Crippen LogP contribution is 2.00. The predicted octanol–water partition coefficient (Wildman–Crippen LogP) is 2.24. The third-order valence-corrected chi connectivity index (χ3v) is 1.65. The fourth-order valence-corrected chi connectivity index (χ4v) is 1.20. The Morgan fingerprint density at radius 3 is 2.38 bits per heavy atom. The molecule has 0 heterocycles. The second-order valence-electron chi connectivity index (χ2n) is 3.03. The highest BCUT2D eigenvalue weighted by Gasteiger charge is 1.95. The van der Waals surface area contributed by atoms with E-state index in [-0.39, 0.29) is 5.91 Å². The van der Waals surface area contributed by atoms with Crippen molar-refractivity contribution in [2.24, 2.45) is 4.99 Å². The monoisotopic (exact) mass is 175 g/mol. The molecule has 0 saturated carbocycles. The maximum absolute atomic E-state index is 10.7. The Labute approximate surface area is 78.3 Å². The van der Waals surface area contributed by atoms with Gasteiger partial charge in [-0.3, -0.25) is 4.79 Å². The smallest absolute Gasteiger partial charge is 0.242 e. The molecular weight excluding hydrogens is 162 g/mol. The van der Waals surface area contributed by atoms with Gasteiger partial charge in [-0.15, -0.1) is 0 Å². The van der Waals surface area contributed by atoms with Crippen molar-refractivity contribution >= 4 is 11.6 Å². The number of aliphatic imine (C=N–C) groups is 1. The van der Waals surface area contributed by atoms with Crippen LogP contribution in [0.1, 0.15) is 19.4 Å². The van der Waals surface area contributed by atoms with Gasteiger partial charge in [-0.25, -0.2) is 4.99 Å². The summed E-state index contributed by atoms with van der Waals surface area (Å²) in [5, 5.41) is 0. The molecule has 68 valence electrons. The summed E-state index contributed by atoms with van der Waals surface area (Å²) in [6.45, 7) is 3.34. The number of rotatable bonds is 2. The van der Waals surface area contributed by atoms with Crippen molar-refractivity contribution in [1.82, 2.24) is 0 Å². The minimum atomic E-state index is -0.131. The molecule has 2 nitrogen and oxygen atoms in total. The Bertz CT molecular complexity index is 314. The standard InChI is InChI=1S/C11H13NO/c1-9(12-10(2)13)8-11-6-4-3-5-7-11/h3-7H,8H2,1-2H3. The molecule has 0 aliphatic heterocycles. The predicted molar refractivity (Wildman–Crippen MR) is 53.9 cm³/mol. The molecule has 0 atom stereocenters. The summed E-state index contributed by atoms with van der Waals surface area (Å²) in [6, 6.07) is 9.99. The number of amides is 1. The normalized spacial score (nSPS) is 11.4. The molecule has 2 heteroatoms. The van der Waals surface area contributed by atoms with Gasteiger partial charge in [-0.1, -0.05) is 30.3 Å². The molecule has 0 aromatic heterocycles. The topological polar surface area (TPSA) is 29.4 Å². The van der Waals surface area contributed by atoms with Gasteiger partial charge in [-0.05, 0) is 12.5 Å². The van der Waals surface area contributed by atoms with Crippen LogP contribution >= 0.6 is 0 Å². The van der Waals surface area contributed by atoms with E-state index in [1.807, 2.05) is 37.3 Å². The Morgan fingerprint density at radius 1 is 1.23 bits per heavy atom. The van der Waals surface area contributed by atoms with E-state index < -0.39 is 0 Å². The maximum Gasteiger partial charge on any atom is 0.242 e. The number of carbonyl (C=O) groups excluding carboxylic acids is 1. The van der Waals surface area contributed by atoms with Crippen LogP contribution in [0.15, 0.2) is 35.3 Å². The van der Waals surface area contributed by atoms with E-state index >= 15 is 0 Å². The van der Waals surface area contributed by atoms with Crippen molar-refractivity contribution in [1.29, 1.82) is 0 Å². The first-order valence-electron chi connectivity index (χ1n) is 4.27. The van der Waals surface area contributed by atoms with Gasteiger partial charge in [0.25, 0.3) is 0 Å². The zero-order chi connectivity index (χ0) is 9.68.